The molecule has 0 saturated carbocycles. The number of fused-ring (bicyclic) bond motifs is 1. The quantitative estimate of drug-likeness (QED) is 0.811. The average Bonchev–Trinajstić information content (AvgIpc) is 2.95. The van der Waals surface area contributed by atoms with Crippen LogP contribution in [0.4, 0.5) is 4.79 Å². The van der Waals surface area contributed by atoms with E-state index in [1.807, 2.05) is 36.3 Å². The van der Waals surface area contributed by atoms with E-state index in [4.69, 9.17) is 4.74 Å². The summed E-state index contributed by atoms with van der Waals surface area (Å²) in [6.07, 6.45) is 3.26. The van der Waals surface area contributed by atoms with Crippen molar-refractivity contribution >= 4 is 11.7 Å². The minimum absolute atomic E-state index is 0.209. The van der Waals surface area contributed by atoms with Crippen LogP contribution in [0.5, 0.6) is 0 Å². The van der Waals surface area contributed by atoms with Crippen molar-refractivity contribution in [2.75, 3.05) is 13.1 Å². The van der Waals surface area contributed by atoms with Crippen LogP contribution >= 0.6 is 0 Å². The first-order valence-electron chi connectivity index (χ1n) is 8.12. The lowest BCUT2D eigenvalue weighted by Gasteiger charge is -2.34. The number of piperidine rings is 1. The molecule has 0 atom stereocenters. The number of rotatable bonds is 1. The molecular weight excluding hydrogens is 292 g/mol. The van der Waals surface area contributed by atoms with Gasteiger partial charge in [0.1, 0.15) is 11.9 Å². The molecule has 0 radical (unpaired) electrons. The minimum Gasteiger partial charge on any atom is -0.444 e. The summed E-state index contributed by atoms with van der Waals surface area (Å²) in [5, 5.41) is 4.28. The molecule has 1 amide bonds. The van der Waals surface area contributed by atoms with Gasteiger partial charge >= 0.3 is 6.09 Å². The topological polar surface area (TPSA) is 59.7 Å². The Bertz CT molecular complexity index is 709. The summed E-state index contributed by atoms with van der Waals surface area (Å²) < 4.78 is 7.34. The molecule has 23 heavy (non-hydrogen) atoms. The first-order valence-corrected chi connectivity index (χ1v) is 8.12. The van der Waals surface area contributed by atoms with Crippen molar-refractivity contribution in [3.8, 4) is 0 Å². The Kier molecular flexibility index (Phi) is 4.00. The van der Waals surface area contributed by atoms with E-state index < -0.39 is 5.60 Å². The van der Waals surface area contributed by atoms with Gasteiger partial charge in [-0.05, 0) is 58.1 Å². The van der Waals surface area contributed by atoms with Crippen molar-refractivity contribution in [3.63, 3.8) is 0 Å². The maximum atomic E-state index is 12.1. The fourth-order valence-electron chi connectivity index (χ4n) is 3.16. The zero-order valence-electron chi connectivity index (χ0n) is 14.2. The Morgan fingerprint density at radius 3 is 2.61 bits per heavy atom. The van der Waals surface area contributed by atoms with Crippen LogP contribution in [0, 0.1) is 6.92 Å². The molecular formula is C17H24N4O2. The van der Waals surface area contributed by atoms with E-state index in [2.05, 4.69) is 23.1 Å². The Balaban J connectivity index is 1.68. The van der Waals surface area contributed by atoms with E-state index in [9.17, 15) is 4.79 Å². The molecule has 1 aliphatic rings. The van der Waals surface area contributed by atoms with Gasteiger partial charge in [0.05, 0.1) is 0 Å². The van der Waals surface area contributed by atoms with Gasteiger partial charge in [0, 0.05) is 18.8 Å². The van der Waals surface area contributed by atoms with Crippen molar-refractivity contribution in [1.82, 2.24) is 19.5 Å². The molecule has 6 heteroatoms. The predicted octanol–water partition coefficient (Wildman–Crippen LogP) is 3.15. The highest BCUT2D eigenvalue weighted by Crippen LogP contribution is 2.30. The van der Waals surface area contributed by atoms with Gasteiger partial charge in [-0.25, -0.2) is 14.3 Å². The van der Waals surface area contributed by atoms with Gasteiger partial charge < -0.3 is 9.64 Å². The maximum Gasteiger partial charge on any atom is 0.410 e. The first-order chi connectivity index (χ1) is 10.8. The third-order valence-electron chi connectivity index (χ3n) is 4.31. The lowest BCUT2D eigenvalue weighted by molar-refractivity contribution is 0.0204. The molecule has 3 rings (SSSR count). The third-order valence-corrected chi connectivity index (χ3v) is 4.31. The predicted molar refractivity (Wildman–Crippen MR) is 87.5 cm³/mol. The molecule has 0 aromatic carbocycles. The number of carbonyl (C=O) groups excluding carboxylic acids is 1. The van der Waals surface area contributed by atoms with Crippen LogP contribution in [-0.2, 0) is 4.74 Å². The van der Waals surface area contributed by atoms with Crippen LogP contribution < -0.4 is 0 Å². The molecule has 3 heterocycles. The fraction of sp³-hybridized carbons (Fsp3) is 0.588. The van der Waals surface area contributed by atoms with Crippen molar-refractivity contribution in [2.24, 2.45) is 0 Å². The maximum absolute atomic E-state index is 12.1. The molecule has 0 aliphatic carbocycles. The summed E-state index contributed by atoms with van der Waals surface area (Å²) in [7, 11) is 0. The monoisotopic (exact) mass is 316 g/mol. The molecule has 6 nitrogen and oxygen atoms in total. The van der Waals surface area contributed by atoms with Gasteiger partial charge in [-0.15, -0.1) is 0 Å². The number of aryl methyl sites for hydroxylation is 1. The van der Waals surface area contributed by atoms with Gasteiger partial charge in [0.2, 0.25) is 0 Å². The molecule has 0 bridgehead atoms. The van der Waals surface area contributed by atoms with E-state index in [1.54, 1.807) is 6.33 Å². The van der Waals surface area contributed by atoms with E-state index >= 15 is 0 Å². The summed E-state index contributed by atoms with van der Waals surface area (Å²) in [4.78, 5) is 18.2. The smallest absolute Gasteiger partial charge is 0.410 e. The van der Waals surface area contributed by atoms with Crippen molar-refractivity contribution in [3.05, 3.63) is 29.7 Å². The Morgan fingerprint density at radius 1 is 1.26 bits per heavy atom. The van der Waals surface area contributed by atoms with Crippen LogP contribution in [0.15, 0.2) is 18.5 Å². The van der Waals surface area contributed by atoms with Gasteiger partial charge in [-0.1, -0.05) is 6.07 Å². The zero-order valence-corrected chi connectivity index (χ0v) is 14.2. The summed E-state index contributed by atoms with van der Waals surface area (Å²) in [6.45, 7) is 9.23. The zero-order chi connectivity index (χ0) is 16.6. The number of nitrogens with zero attached hydrogens (tertiary/aromatic N) is 4. The third kappa shape index (κ3) is 3.30. The molecule has 124 valence electrons. The largest absolute Gasteiger partial charge is 0.444 e. The molecule has 1 fully saturated rings. The lowest BCUT2D eigenvalue weighted by atomic mass is 9.88. The molecule has 0 N–H and O–H groups in total. The van der Waals surface area contributed by atoms with E-state index in [-0.39, 0.29) is 6.09 Å². The second-order valence-corrected chi connectivity index (χ2v) is 7.15. The normalized spacial score (nSPS) is 16.8. The second kappa shape index (κ2) is 5.83. The molecule has 1 aliphatic heterocycles. The SMILES string of the molecule is Cc1c(C2CCN(C(=O)OC(C)(C)C)CC2)ccc2ncnn12. The average molecular weight is 316 g/mol. The Hall–Kier alpha value is -2.11. The van der Waals surface area contributed by atoms with Crippen LogP contribution in [0.25, 0.3) is 5.65 Å². The second-order valence-electron chi connectivity index (χ2n) is 7.15. The first kappa shape index (κ1) is 15.8. The number of likely N-dealkylation sites (tertiary alicyclic amines) is 1. The molecule has 2 aromatic rings. The van der Waals surface area contributed by atoms with Gasteiger partial charge in [-0.3, -0.25) is 0 Å². The van der Waals surface area contributed by atoms with Gasteiger partial charge in [0.25, 0.3) is 0 Å². The van der Waals surface area contributed by atoms with Crippen molar-refractivity contribution < 1.29 is 9.53 Å². The highest BCUT2D eigenvalue weighted by Gasteiger charge is 2.28. The summed E-state index contributed by atoms with van der Waals surface area (Å²) in [5.41, 5.74) is 2.86. The minimum atomic E-state index is -0.442. The van der Waals surface area contributed by atoms with Gasteiger partial charge in [0.15, 0.2) is 5.65 Å². The number of hydrogen-bond donors (Lipinski definition) is 0. The van der Waals surface area contributed by atoms with E-state index in [1.165, 1.54) is 5.56 Å². The van der Waals surface area contributed by atoms with Crippen LogP contribution in [0.2, 0.25) is 0 Å². The molecule has 0 unspecified atom stereocenters. The van der Waals surface area contributed by atoms with E-state index in [0.29, 0.717) is 5.92 Å². The summed E-state index contributed by atoms with van der Waals surface area (Å²) >= 11 is 0. The van der Waals surface area contributed by atoms with Crippen LogP contribution in [-0.4, -0.2) is 44.3 Å². The number of hydrogen-bond acceptors (Lipinski definition) is 4. The fourth-order valence-corrected chi connectivity index (χ4v) is 3.16. The molecule has 0 spiro atoms. The summed E-state index contributed by atoms with van der Waals surface area (Å²) in [6, 6.07) is 4.16. The number of ether oxygens (including phenoxy) is 1. The van der Waals surface area contributed by atoms with Crippen molar-refractivity contribution in [1.29, 1.82) is 0 Å². The van der Waals surface area contributed by atoms with Crippen LogP contribution in [0.1, 0.15) is 50.8 Å². The Labute approximate surface area is 136 Å². The van der Waals surface area contributed by atoms with E-state index in [0.717, 1.165) is 37.3 Å². The Morgan fingerprint density at radius 2 is 1.96 bits per heavy atom. The van der Waals surface area contributed by atoms with Crippen molar-refractivity contribution in [2.45, 2.75) is 52.1 Å². The lowest BCUT2D eigenvalue weighted by Crippen LogP contribution is -2.41. The van der Waals surface area contributed by atoms with Crippen LogP contribution in [0.3, 0.4) is 0 Å². The molecule has 2 aromatic heterocycles. The number of pyridine rings is 1. The molecule has 1 saturated heterocycles. The highest BCUT2D eigenvalue weighted by molar-refractivity contribution is 5.68. The number of aromatic nitrogens is 3. The number of amides is 1. The van der Waals surface area contributed by atoms with Gasteiger partial charge in [-0.2, -0.15) is 5.10 Å². The highest BCUT2D eigenvalue weighted by atomic mass is 16.6. The number of carbonyl (C=O) groups is 1. The standard InChI is InChI=1S/C17H24N4O2/c1-12-14(5-6-15-18-11-19-21(12)15)13-7-9-20(10-8-13)16(22)23-17(2,3)4/h5-6,11,13H,7-10H2,1-4H3. The summed E-state index contributed by atoms with van der Waals surface area (Å²) in [5.74, 6) is 0.447.